The average molecular weight is 411 g/mol. The molecular formula is C21H19ClN4OS. The van der Waals surface area contributed by atoms with E-state index in [1.165, 1.54) is 28.3 Å². The van der Waals surface area contributed by atoms with Gasteiger partial charge in [-0.1, -0.05) is 41.6 Å². The van der Waals surface area contributed by atoms with Crippen LogP contribution in [0.2, 0.25) is 5.02 Å². The van der Waals surface area contributed by atoms with Crippen molar-refractivity contribution >= 4 is 51.5 Å². The Hall–Kier alpha value is -2.57. The van der Waals surface area contributed by atoms with E-state index in [1.54, 1.807) is 24.3 Å². The molecule has 0 aliphatic rings. The molecule has 142 valence electrons. The molecule has 0 radical (unpaired) electrons. The van der Waals surface area contributed by atoms with Crippen LogP contribution in [0.3, 0.4) is 0 Å². The van der Waals surface area contributed by atoms with E-state index in [1.807, 2.05) is 6.07 Å². The van der Waals surface area contributed by atoms with Crippen LogP contribution in [0, 0.1) is 13.8 Å². The van der Waals surface area contributed by atoms with Gasteiger partial charge in [0.05, 0.1) is 5.52 Å². The van der Waals surface area contributed by atoms with Gasteiger partial charge in [0, 0.05) is 28.3 Å². The molecule has 28 heavy (non-hydrogen) atoms. The summed E-state index contributed by atoms with van der Waals surface area (Å²) >= 11 is 7.40. The standard InChI is InChI=1S/C21H19ClN4OS/c1-13-4-3-5-17-14(2)12-18-24-25-21(26(18)20(13)17)28-11-10-19(27)23-16-8-6-15(22)7-9-16/h3-9,12H,10-11H2,1-2H3,(H,23,27). The van der Waals surface area contributed by atoms with Crippen LogP contribution in [0.5, 0.6) is 0 Å². The molecule has 0 saturated carbocycles. The number of amides is 1. The first-order valence-electron chi connectivity index (χ1n) is 8.95. The molecule has 7 heteroatoms. The summed E-state index contributed by atoms with van der Waals surface area (Å²) in [7, 11) is 0. The molecule has 0 aliphatic heterocycles. The van der Waals surface area contributed by atoms with Crippen LogP contribution in [0.4, 0.5) is 5.69 Å². The highest BCUT2D eigenvalue weighted by Gasteiger charge is 2.13. The quantitative estimate of drug-likeness (QED) is 0.455. The van der Waals surface area contributed by atoms with Gasteiger partial charge >= 0.3 is 0 Å². The van der Waals surface area contributed by atoms with Gasteiger partial charge in [0.1, 0.15) is 0 Å². The minimum atomic E-state index is -0.0412. The van der Waals surface area contributed by atoms with Crippen molar-refractivity contribution in [1.82, 2.24) is 14.6 Å². The molecule has 4 aromatic rings. The Morgan fingerprint density at radius 2 is 1.89 bits per heavy atom. The molecule has 2 aromatic carbocycles. The van der Waals surface area contributed by atoms with Crippen molar-refractivity contribution in [2.45, 2.75) is 25.4 Å². The molecule has 0 fully saturated rings. The van der Waals surface area contributed by atoms with Crippen LogP contribution < -0.4 is 5.32 Å². The number of pyridine rings is 1. The van der Waals surface area contributed by atoms with E-state index >= 15 is 0 Å². The zero-order valence-corrected chi connectivity index (χ0v) is 17.1. The smallest absolute Gasteiger partial charge is 0.225 e. The summed E-state index contributed by atoms with van der Waals surface area (Å²) in [5.74, 6) is 0.571. The maximum Gasteiger partial charge on any atom is 0.225 e. The molecule has 5 nitrogen and oxygen atoms in total. The molecule has 2 heterocycles. The van der Waals surface area contributed by atoms with Crippen LogP contribution >= 0.6 is 23.4 Å². The third-order valence-corrected chi connectivity index (χ3v) is 5.76. The summed E-state index contributed by atoms with van der Waals surface area (Å²) in [6.45, 7) is 4.18. The number of carbonyl (C=O) groups is 1. The van der Waals surface area contributed by atoms with Gasteiger partial charge < -0.3 is 5.32 Å². The highest BCUT2D eigenvalue weighted by Crippen LogP contribution is 2.28. The van der Waals surface area contributed by atoms with Crippen molar-refractivity contribution in [3.8, 4) is 0 Å². The second kappa shape index (κ2) is 7.81. The van der Waals surface area contributed by atoms with Crippen molar-refractivity contribution in [3.05, 3.63) is 64.7 Å². The number of hydrogen-bond acceptors (Lipinski definition) is 4. The van der Waals surface area contributed by atoms with Crippen LogP contribution in [0.1, 0.15) is 17.5 Å². The number of para-hydroxylation sites is 1. The summed E-state index contributed by atoms with van der Waals surface area (Å²) in [5, 5.41) is 14.2. The molecule has 1 N–H and O–H groups in total. The fraction of sp³-hybridized carbons (Fsp3) is 0.190. The lowest BCUT2D eigenvalue weighted by atomic mass is 10.1. The minimum absolute atomic E-state index is 0.0412. The second-order valence-electron chi connectivity index (χ2n) is 6.63. The number of anilines is 1. The molecule has 0 atom stereocenters. The first-order chi connectivity index (χ1) is 13.5. The van der Waals surface area contributed by atoms with Crippen molar-refractivity contribution in [2.75, 3.05) is 11.1 Å². The summed E-state index contributed by atoms with van der Waals surface area (Å²) in [4.78, 5) is 12.2. The number of nitrogens with one attached hydrogen (secondary N) is 1. The Balaban J connectivity index is 1.51. The van der Waals surface area contributed by atoms with Gasteiger partial charge in [-0.2, -0.15) is 0 Å². The van der Waals surface area contributed by atoms with Crippen molar-refractivity contribution in [1.29, 1.82) is 0 Å². The maximum atomic E-state index is 12.2. The molecule has 2 aromatic heterocycles. The Bertz CT molecular complexity index is 1170. The third kappa shape index (κ3) is 3.70. The van der Waals surface area contributed by atoms with E-state index in [2.05, 4.69) is 52.0 Å². The van der Waals surface area contributed by atoms with Crippen LogP contribution in [-0.2, 0) is 4.79 Å². The van der Waals surface area contributed by atoms with E-state index in [-0.39, 0.29) is 5.91 Å². The molecule has 1 amide bonds. The predicted octanol–water partition coefficient (Wildman–Crippen LogP) is 5.27. The monoisotopic (exact) mass is 410 g/mol. The zero-order valence-electron chi connectivity index (χ0n) is 15.6. The van der Waals surface area contributed by atoms with Crippen LogP contribution in [0.15, 0.2) is 53.7 Å². The van der Waals surface area contributed by atoms with E-state index in [0.29, 0.717) is 17.2 Å². The predicted molar refractivity (Wildman–Crippen MR) is 115 cm³/mol. The fourth-order valence-electron chi connectivity index (χ4n) is 3.22. The van der Waals surface area contributed by atoms with Gasteiger partial charge in [-0.15, -0.1) is 10.2 Å². The summed E-state index contributed by atoms with van der Waals surface area (Å²) < 4.78 is 2.08. The molecule has 0 saturated heterocycles. The Labute approximate surface area is 172 Å². The Kier molecular flexibility index (Phi) is 5.24. The van der Waals surface area contributed by atoms with Gasteiger partial charge in [-0.25, -0.2) is 0 Å². The number of aryl methyl sites for hydroxylation is 2. The highest BCUT2D eigenvalue weighted by atomic mass is 35.5. The average Bonchev–Trinajstić information content (AvgIpc) is 3.06. The zero-order chi connectivity index (χ0) is 19.7. The Morgan fingerprint density at radius 1 is 1.11 bits per heavy atom. The Morgan fingerprint density at radius 3 is 2.68 bits per heavy atom. The minimum Gasteiger partial charge on any atom is -0.326 e. The number of aromatic nitrogens is 3. The van der Waals surface area contributed by atoms with Crippen LogP contribution in [0.25, 0.3) is 16.6 Å². The summed E-state index contributed by atoms with van der Waals surface area (Å²) in [6, 6.07) is 15.4. The summed E-state index contributed by atoms with van der Waals surface area (Å²) in [5.41, 5.74) is 5.04. The molecule has 0 unspecified atom stereocenters. The van der Waals surface area contributed by atoms with Gasteiger partial charge in [0.15, 0.2) is 10.8 Å². The lowest BCUT2D eigenvalue weighted by molar-refractivity contribution is -0.115. The van der Waals surface area contributed by atoms with Gasteiger partial charge in [-0.05, 0) is 55.3 Å². The normalized spacial score (nSPS) is 11.2. The largest absolute Gasteiger partial charge is 0.326 e. The lowest BCUT2D eigenvalue weighted by Crippen LogP contribution is -2.12. The van der Waals surface area contributed by atoms with Crippen molar-refractivity contribution in [3.63, 3.8) is 0 Å². The number of hydrogen-bond donors (Lipinski definition) is 1. The topological polar surface area (TPSA) is 59.3 Å². The van der Waals surface area contributed by atoms with Gasteiger partial charge in [-0.3, -0.25) is 9.20 Å². The number of rotatable bonds is 5. The number of carbonyl (C=O) groups excluding carboxylic acids is 1. The van der Waals surface area contributed by atoms with E-state index < -0.39 is 0 Å². The summed E-state index contributed by atoms with van der Waals surface area (Å²) in [6.07, 6.45) is 0.380. The van der Waals surface area contributed by atoms with Crippen molar-refractivity contribution < 1.29 is 4.79 Å². The lowest BCUT2D eigenvalue weighted by Gasteiger charge is -2.10. The number of halogens is 1. The van der Waals surface area contributed by atoms with Crippen molar-refractivity contribution in [2.24, 2.45) is 0 Å². The SMILES string of the molecule is Cc1cc2nnc(SCCC(=O)Nc3ccc(Cl)cc3)n2c2c(C)cccc12. The van der Waals surface area contributed by atoms with Gasteiger partial charge in [0.2, 0.25) is 5.91 Å². The molecule has 4 rings (SSSR count). The second-order valence-corrected chi connectivity index (χ2v) is 8.13. The highest BCUT2D eigenvalue weighted by molar-refractivity contribution is 7.99. The maximum absolute atomic E-state index is 12.2. The molecule has 0 aliphatic carbocycles. The molecule has 0 bridgehead atoms. The van der Waals surface area contributed by atoms with E-state index in [4.69, 9.17) is 11.6 Å². The van der Waals surface area contributed by atoms with Gasteiger partial charge in [0.25, 0.3) is 0 Å². The number of thioether (sulfide) groups is 1. The number of nitrogens with zero attached hydrogens (tertiary/aromatic N) is 3. The first kappa shape index (κ1) is 18.8. The molecule has 0 spiro atoms. The fourth-order valence-corrected chi connectivity index (χ4v) is 4.22. The van der Waals surface area contributed by atoms with E-state index in [9.17, 15) is 4.79 Å². The number of fused-ring (bicyclic) bond motifs is 3. The van der Waals surface area contributed by atoms with Crippen LogP contribution in [-0.4, -0.2) is 26.3 Å². The van der Waals surface area contributed by atoms with E-state index in [0.717, 1.165) is 22.0 Å². The number of benzene rings is 2. The first-order valence-corrected chi connectivity index (χ1v) is 10.3. The third-order valence-electron chi connectivity index (χ3n) is 4.58. The molecular weight excluding hydrogens is 392 g/mol.